The van der Waals surface area contributed by atoms with Crippen LogP contribution in [0.25, 0.3) is 0 Å². The fraction of sp³-hybridized carbons (Fsp3) is 0.286. The topological polar surface area (TPSA) is 68.1 Å². The third-order valence-electron chi connectivity index (χ3n) is 2.77. The molecular weight excluding hydrogens is 246 g/mol. The predicted octanol–water partition coefficient (Wildman–Crippen LogP) is 1.08. The van der Waals surface area contributed by atoms with Gasteiger partial charge in [-0.05, 0) is 5.56 Å². The third kappa shape index (κ3) is 3.07. The average molecular weight is 261 g/mol. The van der Waals surface area contributed by atoms with Gasteiger partial charge in [0.1, 0.15) is 0 Å². The summed E-state index contributed by atoms with van der Waals surface area (Å²) in [5, 5.41) is 9.20. The molecule has 2 rings (SSSR count). The minimum Gasteiger partial charge on any atom is -0.491 e. The molecular formula is C14H15NO4. The summed E-state index contributed by atoms with van der Waals surface area (Å²) in [6.45, 7) is -0.0497. The predicted molar refractivity (Wildman–Crippen MR) is 69.6 cm³/mol. The lowest BCUT2D eigenvalue weighted by Crippen LogP contribution is -2.38. The van der Waals surface area contributed by atoms with Gasteiger partial charge in [0.15, 0.2) is 11.9 Å². The highest BCUT2D eigenvalue weighted by atomic mass is 16.5. The van der Waals surface area contributed by atoms with Gasteiger partial charge in [-0.2, -0.15) is 0 Å². The number of Topliss-reactive ketones (excluding diaryl/α,β-unsaturated/α-hetero) is 1. The molecule has 1 aliphatic heterocycles. The molecule has 0 aliphatic carbocycles. The lowest BCUT2D eigenvalue weighted by atomic mass is 10.1. The first-order valence-corrected chi connectivity index (χ1v) is 5.87. The Balaban J connectivity index is 2.08. The lowest BCUT2D eigenvalue weighted by molar-refractivity contribution is -0.126. The van der Waals surface area contributed by atoms with Crippen LogP contribution in [0.5, 0.6) is 0 Å². The molecule has 0 radical (unpaired) electrons. The Bertz CT molecular complexity index is 507. The monoisotopic (exact) mass is 261 g/mol. The summed E-state index contributed by atoms with van der Waals surface area (Å²) in [4.78, 5) is 16.0. The first kappa shape index (κ1) is 13.5. The van der Waals surface area contributed by atoms with Crippen molar-refractivity contribution < 1.29 is 19.4 Å². The van der Waals surface area contributed by atoms with Crippen LogP contribution in [0.2, 0.25) is 0 Å². The standard InChI is InChI=1S/C14H15NO4/c1-18-12-7-15-11(8-16)14(13(12)17)19-9-10-5-3-2-4-6-10/h2-7,14,16H,8-9H2,1H3. The molecule has 1 heterocycles. The Morgan fingerprint density at radius 3 is 2.68 bits per heavy atom. The van der Waals surface area contributed by atoms with Gasteiger partial charge in [-0.3, -0.25) is 9.79 Å². The molecule has 5 nitrogen and oxygen atoms in total. The first-order chi connectivity index (χ1) is 9.26. The number of carbonyl (C=O) groups is 1. The number of aliphatic hydroxyl groups is 1. The number of ether oxygens (including phenoxy) is 2. The Labute approximate surface area is 111 Å². The zero-order valence-electron chi connectivity index (χ0n) is 10.6. The second kappa shape index (κ2) is 6.26. The second-order valence-corrected chi connectivity index (χ2v) is 4.02. The van der Waals surface area contributed by atoms with Crippen LogP contribution < -0.4 is 0 Å². The molecule has 0 spiro atoms. The van der Waals surface area contributed by atoms with Crippen LogP contribution in [0.1, 0.15) is 5.56 Å². The zero-order chi connectivity index (χ0) is 13.7. The van der Waals surface area contributed by atoms with Gasteiger partial charge in [0.2, 0.25) is 5.78 Å². The molecule has 100 valence electrons. The van der Waals surface area contributed by atoms with E-state index in [4.69, 9.17) is 9.47 Å². The number of hydrogen-bond donors (Lipinski definition) is 1. The smallest absolute Gasteiger partial charge is 0.233 e. The van der Waals surface area contributed by atoms with Crippen molar-refractivity contribution in [3.63, 3.8) is 0 Å². The lowest BCUT2D eigenvalue weighted by Gasteiger charge is -2.21. The Morgan fingerprint density at radius 1 is 1.32 bits per heavy atom. The number of hydrogen-bond acceptors (Lipinski definition) is 5. The number of methoxy groups -OCH3 is 1. The van der Waals surface area contributed by atoms with E-state index in [1.165, 1.54) is 13.3 Å². The van der Waals surface area contributed by atoms with Crippen molar-refractivity contribution in [3.8, 4) is 0 Å². The molecule has 0 fully saturated rings. The van der Waals surface area contributed by atoms with Crippen molar-refractivity contribution in [3.05, 3.63) is 47.9 Å². The Morgan fingerprint density at radius 2 is 2.05 bits per heavy atom. The molecule has 1 unspecified atom stereocenters. The van der Waals surface area contributed by atoms with Crippen LogP contribution in [0.4, 0.5) is 0 Å². The van der Waals surface area contributed by atoms with Gasteiger partial charge in [0.05, 0.1) is 32.2 Å². The van der Waals surface area contributed by atoms with Crippen molar-refractivity contribution >= 4 is 11.5 Å². The third-order valence-corrected chi connectivity index (χ3v) is 2.77. The minimum atomic E-state index is -0.884. The zero-order valence-corrected chi connectivity index (χ0v) is 10.6. The van der Waals surface area contributed by atoms with E-state index in [2.05, 4.69) is 4.99 Å². The average Bonchev–Trinajstić information content (AvgIpc) is 2.46. The number of aliphatic imine (C=N–C) groups is 1. The maximum atomic E-state index is 12.0. The van der Waals surface area contributed by atoms with Crippen molar-refractivity contribution in [2.75, 3.05) is 13.7 Å². The molecule has 1 atom stereocenters. The van der Waals surface area contributed by atoms with E-state index in [1.807, 2.05) is 30.3 Å². The van der Waals surface area contributed by atoms with Gasteiger partial charge in [0, 0.05) is 0 Å². The summed E-state index contributed by atoms with van der Waals surface area (Å²) in [5.74, 6) is -0.187. The molecule has 0 saturated heterocycles. The molecule has 0 bridgehead atoms. The van der Waals surface area contributed by atoms with Crippen LogP contribution in [-0.4, -0.2) is 36.4 Å². The molecule has 5 heteroatoms. The molecule has 1 N–H and O–H groups in total. The maximum absolute atomic E-state index is 12.0. The number of benzene rings is 1. The van der Waals surface area contributed by atoms with Gasteiger partial charge in [-0.15, -0.1) is 0 Å². The normalized spacial score (nSPS) is 18.8. The molecule has 0 aromatic heterocycles. The van der Waals surface area contributed by atoms with E-state index in [1.54, 1.807) is 0 Å². The number of nitrogens with zero attached hydrogens (tertiary/aromatic N) is 1. The SMILES string of the molecule is COC1=CN=C(CO)C(OCc2ccccc2)C1=O. The van der Waals surface area contributed by atoms with Crippen LogP contribution in [0.15, 0.2) is 47.3 Å². The van der Waals surface area contributed by atoms with Crippen LogP contribution in [0, 0.1) is 0 Å². The van der Waals surface area contributed by atoms with E-state index in [0.717, 1.165) is 5.56 Å². The highest BCUT2D eigenvalue weighted by Crippen LogP contribution is 2.15. The summed E-state index contributed by atoms with van der Waals surface area (Å²) >= 11 is 0. The molecule has 1 aliphatic rings. The number of aliphatic hydroxyl groups excluding tert-OH is 1. The molecule has 0 saturated carbocycles. The van der Waals surface area contributed by atoms with Crippen LogP contribution in [-0.2, 0) is 20.9 Å². The van der Waals surface area contributed by atoms with Crippen molar-refractivity contribution in [1.29, 1.82) is 0 Å². The summed E-state index contributed by atoms with van der Waals surface area (Å²) in [6.07, 6.45) is 0.418. The van der Waals surface area contributed by atoms with E-state index in [9.17, 15) is 9.90 Å². The second-order valence-electron chi connectivity index (χ2n) is 4.02. The molecule has 1 aromatic carbocycles. The van der Waals surface area contributed by atoms with Gasteiger partial charge < -0.3 is 14.6 Å². The van der Waals surface area contributed by atoms with Crippen LogP contribution >= 0.6 is 0 Å². The Hall–Kier alpha value is -1.98. The minimum absolute atomic E-state index is 0.135. The number of rotatable bonds is 5. The van der Waals surface area contributed by atoms with Crippen molar-refractivity contribution in [2.45, 2.75) is 12.7 Å². The van der Waals surface area contributed by atoms with Gasteiger partial charge in [-0.1, -0.05) is 30.3 Å². The van der Waals surface area contributed by atoms with E-state index >= 15 is 0 Å². The highest BCUT2D eigenvalue weighted by Gasteiger charge is 2.31. The molecule has 1 aromatic rings. The fourth-order valence-corrected chi connectivity index (χ4v) is 1.76. The summed E-state index contributed by atoms with van der Waals surface area (Å²) in [6, 6.07) is 9.49. The summed E-state index contributed by atoms with van der Waals surface area (Å²) in [7, 11) is 1.40. The van der Waals surface area contributed by atoms with Gasteiger partial charge in [-0.25, -0.2) is 0 Å². The van der Waals surface area contributed by atoms with E-state index < -0.39 is 6.10 Å². The van der Waals surface area contributed by atoms with Gasteiger partial charge in [0.25, 0.3) is 0 Å². The summed E-state index contributed by atoms with van der Waals surface area (Å²) in [5.41, 5.74) is 1.24. The van der Waals surface area contributed by atoms with Crippen LogP contribution in [0.3, 0.4) is 0 Å². The van der Waals surface area contributed by atoms with Gasteiger partial charge >= 0.3 is 0 Å². The van der Waals surface area contributed by atoms with E-state index in [-0.39, 0.29) is 24.8 Å². The summed E-state index contributed by atoms with van der Waals surface area (Å²) < 4.78 is 10.5. The Kier molecular flexibility index (Phi) is 4.43. The van der Waals surface area contributed by atoms with Crippen molar-refractivity contribution in [2.24, 2.45) is 4.99 Å². The number of ketones is 1. The largest absolute Gasteiger partial charge is 0.491 e. The molecule has 0 amide bonds. The maximum Gasteiger partial charge on any atom is 0.233 e. The highest BCUT2D eigenvalue weighted by molar-refractivity contribution is 6.16. The van der Waals surface area contributed by atoms with E-state index in [0.29, 0.717) is 5.71 Å². The molecule has 19 heavy (non-hydrogen) atoms. The number of carbonyl (C=O) groups excluding carboxylic acids is 1. The first-order valence-electron chi connectivity index (χ1n) is 5.87. The van der Waals surface area contributed by atoms with Crippen molar-refractivity contribution in [1.82, 2.24) is 0 Å². The quantitative estimate of drug-likeness (QED) is 0.861. The fourth-order valence-electron chi connectivity index (χ4n) is 1.76.